The van der Waals surface area contributed by atoms with Gasteiger partial charge in [-0.05, 0) is 46.0 Å². The number of hydrogen-bond donors (Lipinski definition) is 2. The minimum Gasteiger partial charge on any atom is -0.344 e. The predicted molar refractivity (Wildman–Crippen MR) is 138 cm³/mol. The van der Waals surface area contributed by atoms with Gasteiger partial charge in [-0.15, -0.1) is 0 Å². The first-order chi connectivity index (χ1) is 17.1. The number of aromatic nitrogens is 2. The van der Waals surface area contributed by atoms with Crippen molar-refractivity contribution in [3.8, 4) is 0 Å². The Hall–Kier alpha value is -4.03. The fourth-order valence-electron chi connectivity index (χ4n) is 4.48. The SMILES string of the molecule is Cc1noc([C@@H](Cc2ccc3ccccc3c2)NC(=O)[C@@H](CN)Cc2ccc3ccccc3c2)n1. The van der Waals surface area contributed by atoms with E-state index in [1.807, 2.05) is 24.3 Å². The predicted octanol–water partition coefficient (Wildman–Crippen LogP) is 4.90. The Morgan fingerprint density at radius 2 is 1.43 bits per heavy atom. The fourth-order valence-corrected chi connectivity index (χ4v) is 4.48. The molecule has 0 saturated heterocycles. The van der Waals surface area contributed by atoms with Crippen LogP contribution in [0.3, 0.4) is 0 Å². The molecule has 0 radical (unpaired) electrons. The van der Waals surface area contributed by atoms with Crippen LogP contribution in [0.5, 0.6) is 0 Å². The molecule has 5 rings (SSSR count). The summed E-state index contributed by atoms with van der Waals surface area (Å²) >= 11 is 0. The second-order valence-electron chi connectivity index (χ2n) is 8.94. The topological polar surface area (TPSA) is 94.0 Å². The van der Waals surface area contributed by atoms with E-state index >= 15 is 0 Å². The summed E-state index contributed by atoms with van der Waals surface area (Å²) in [6.45, 7) is 2.01. The summed E-state index contributed by atoms with van der Waals surface area (Å²) in [6.07, 6.45) is 1.09. The van der Waals surface area contributed by atoms with Gasteiger partial charge in [0.05, 0.1) is 5.92 Å². The number of aryl methyl sites for hydroxylation is 1. The van der Waals surface area contributed by atoms with Crippen LogP contribution in [0.4, 0.5) is 0 Å². The first kappa shape index (κ1) is 22.7. The molecule has 0 spiro atoms. The normalized spacial score (nSPS) is 13.1. The van der Waals surface area contributed by atoms with Crippen LogP contribution in [0, 0.1) is 12.8 Å². The molecular formula is C29H28N4O2. The van der Waals surface area contributed by atoms with Crippen LogP contribution in [-0.2, 0) is 17.6 Å². The zero-order valence-electron chi connectivity index (χ0n) is 19.6. The van der Waals surface area contributed by atoms with Crippen LogP contribution in [0.2, 0.25) is 0 Å². The standard InChI is InChI=1S/C29H28N4O2/c1-19-31-29(35-33-19)27(17-21-11-13-23-7-3-5-9-25(23)15-21)32-28(34)26(18-30)16-20-10-12-22-6-2-4-8-24(22)14-20/h2-15,26-27H,16-18,30H2,1H3,(H,32,34)/t26-,27-/m1/s1. The molecule has 1 aromatic heterocycles. The molecule has 1 heterocycles. The van der Waals surface area contributed by atoms with Crippen LogP contribution < -0.4 is 11.1 Å². The summed E-state index contributed by atoms with van der Waals surface area (Å²) in [5, 5.41) is 11.7. The van der Waals surface area contributed by atoms with Gasteiger partial charge in [-0.2, -0.15) is 4.98 Å². The van der Waals surface area contributed by atoms with E-state index in [1.165, 1.54) is 10.8 Å². The number of carbonyl (C=O) groups is 1. The van der Waals surface area contributed by atoms with E-state index in [1.54, 1.807) is 6.92 Å². The second-order valence-corrected chi connectivity index (χ2v) is 8.94. The van der Waals surface area contributed by atoms with Crippen molar-refractivity contribution in [2.45, 2.75) is 25.8 Å². The summed E-state index contributed by atoms with van der Waals surface area (Å²) in [4.78, 5) is 17.8. The Morgan fingerprint density at radius 1 is 0.857 bits per heavy atom. The third kappa shape index (κ3) is 5.23. The summed E-state index contributed by atoms with van der Waals surface area (Å²) < 4.78 is 5.46. The third-order valence-electron chi connectivity index (χ3n) is 6.36. The number of nitrogens with two attached hydrogens (primary N) is 1. The molecule has 35 heavy (non-hydrogen) atoms. The van der Waals surface area contributed by atoms with Gasteiger partial charge in [-0.1, -0.05) is 90.1 Å². The molecule has 0 fully saturated rings. The van der Waals surface area contributed by atoms with Gasteiger partial charge in [-0.3, -0.25) is 4.79 Å². The number of amides is 1. The maximum Gasteiger partial charge on any atom is 0.249 e. The first-order valence-corrected chi connectivity index (χ1v) is 11.8. The molecule has 4 aromatic carbocycles. The van der Waals surface area contributed by atoms with Gasteiger partial charge in [0.15, 0.2) is 5.82 Å². The number of nitrogens with one attached hydrogen (secondary N) is 1. The van der Waals surface area contributed by atoms with Crippen molar-refractivity contribution in [1.29, 1.82) is 0 Å². The van der Waals surface area contributed by atoms with Crippen molar-refractivity contribution in [1.82, 2.24) is 15.5 Å². The van der Waals surface area contributed by atoms with E-state index in [9.17, 15) is 4.79 Å². The van der Waals surface area contributed by atoms with Gasteiger partial charge in [0.1, 0.15) is 6.04 Å². The van der Waals surface area contributed by atoms with Crippen LogP contribution in [0.15, 0.2) is 89.5 Å². The molecule has 6 nitrogen and oxygen atoms in total. The summed E-state index contributed by atoms with van der Waals surface area (Å²) in [5.41, 5.74) is 8.21. The quantitative estimate of drug-likeness (QED) is 0.341. The van der Waals surface area contributed by atoms with Crippen molar-refractivity contribution in [3.05, 3.63) is 108 Å². The lowest BCUT2D eigenvalue weighted by molar-refractivity contribution is -0.125. The summed E-state index contributed by atoms with van der Waals surface area (Å²) in [5.74, 6) is 0.427. The maximum atomic E-state index is 13.4. The highest BCUT2D eigenvalue weighted by atomic mass is 16.5. The van der Waals surface area contributed by atoms with Gasteiger partial charge in [0, 0.05) is 13.0 Å². The molecule has 176 valence electrons. The van der Waals surface area contributed by atoms with Crippen LogP contribution >= 0.6 is 0 Å². The number of carbonyl (C=O) groups excluding carboxylic acids is 1. The molecule has 1 amide bonds. The highest BCUT2D eigenvalue weighted by Crippen LogP contribution is 2.23. The molecule has 5 aromatic rings. The minimum absolute atomic E-state index is 0.123. The average Bonchev–Trinajstić information content (AvgIpc) is 3.32. The Morgan fingerprint density at radius 3 is 1.97 bits per heavy atom. The monoisotopic (exact) mass is 464 g/mol. The number of rotatable bonds is 8. The van der Waals surface area contributed by atoms with Gasteiger partial charge >= 0.3 is 0 Å². The number of fused-ring (bicyclic) bond motifs is 2. The molecule has 6 heteroatoms. The number of benzene rings is 4. The molecule has 0 aliphatic carbocycles. The average molecular weight is 465 g/mol. The highest BCUT2D eigenvalue weighted by Gasteiger charge is 2.25. The molecule has 0 aliphatic heterocycles. The molecule has 0 unspecified atom stereocenters. The Balaban J connectivity index is 1.36. The fraction of sp³-hybridized carbons (Fsp3) is 0.207. The van der Waals surface area contributed by atoms with Crippen LogP contribution in [0.1, 0.15) is 28.9 Å². The van der Waals surface area contributed by atoms with E-state index in [4.69, 9.17) is 10.3 Å². The van der Waals surface area contributed by atoms with Crippen molar-refractivity contribution in [2.75, 3.05) is 6.54 Å². The number of hydrogen-bond acceptors (Lipinski definition) is 5. The molecular weight excluding hydrogens is 436 g/mol. The second kappa shape index (κ2) is 10.1. The molecule has 3 N–H and O–H groups in total. The zero-order chi connectivity index (χ0) is 24.2. The Bertz CT molecular complexity index is 1480. The lowest BCUT2D eigenvalue weighted by Crippen LogP contribution is -2.39. The first-order valence-electron chi connectivity index (χ1n) is 11.8. The summed E-state index contributed by atoms with van der Waals surface area (Å²) in [7, 11) is 0. The zero-order valence-corrected chi connectivity index (χ0v) is 19.6. The van der Waals surface area contributed by atoms with Crippen molar-refractivity contribution >= 4 is 27.5 Å². The van der Waals surface area contributed by atoms with E-state index < -0.39 is 6.04 Å². The maximum absolute atomic E-state index is 13.4. The van der Waals surface area contributed by atoms with Crippen molar-refractivity contribution in [3.63, 3.8) is 0 Å². The lowest BCUT2D eigenvalue weighted by Gasteiger charge is -2.20. The van der Waals surface area contributed by atoms with Crippen molar-refractivity contribution in [2.24, 2.45) is 11.7 Å². The van der Waals surface area contributed by atoms with Gasteiger partial charge in [-0.25, -0.2) is 0 Å². The Labute approximate surface area is 204 Å². The van der Waals surface area contributed by atoms with E-state index in [0.717, 1.165) is 21.9 Å². The third-order valence-corrected chi connectivity index (χ3v) is 6.36. The molecule has 0 aliphatic rings. The van der Waals surface area contributed by atoms with Gasteiger partial charge < -0.3 is 15.6 Å². The smallest absolute Gasteiger partial charge is 0.249 e. The van der Waals surface area contributed by atoms with Crippen molar-refractivity contribution < 1.29 is 9.32 Å². The van der Waals surface area contributed by atoms with E-state index in [2.05, 4.69) is 76.1 Å². The Kier molecular flexibility index (Phi) is 6.55. The van der Waals surface area contributed by atoms with Crippen LogP contribution in [0.25, 0.3) is 21.5 Å². The summed E-state index contributed by atoms with van der Waals surface area (Å²) in [6, 6.07) is 28.5. The molecule has 0 bridgehead atoms. The number of nitrogens with zero attached hydrogens (tertiary/aromatic N) is 2. The minimum atomic E-state index is -0.449. The highest BCUT2D eigenvalue weighted by molar-refractivity contribution is 5.84. The largest absolute Gasteiger partial charge is 0.344 e. The molecule has 0 saturated carbocycles. The molecule has 2 atom stereocenters. The van der Waals surface area contributed by atoms with E-state index in [-0.39, 0.29) is 18.4 Å². The van der Waals surface area contributed by atoms with E-state index in [0.29, 0.717) is 24.6 Å². The lowest BCUT2D eigenvalue weighted by atomic mass is 9.95. The van der Waals surface area contributed by atoms with Crippen LogP contribution in [-0.4, -0.2) is 22.6 Å². The van der Waals surface area contributed by atoms with Gasteiger partial charge in [0.25, 0.3) is 0 Å². The van der Waals surface area contributed by atoms with Gasteiger partial charge in [0.2, 0.25) is 11.8 Å².